The van der Waals surface area contributed by atoms with Crippen LogP contribution in [0.15, 0.2) is 0 Å². The Bertz CT molecular complexity index is 560. The molecule has 0 aromatic carbocycles. The highest BCUT2D eigenvalue weighted by molar-refractivity contribution is 7.81. The molecule has 0 aliphatic heterocycles. The van der Waals surface area contributed by atoms with Crippen molar-refractivity contribution in [1.82, 2.24) is 0 Å². The smallest absolute Gasteiger partial charge is 0.248 e. The second-order valence-electron chi connectivity index (χ2n) is 12.8. The average molecular weight is 575 g/mol. The van der Waals surface area contributed by atoms with Crippen LogP contribution in [0, 0.1) is 23.7 Å². The minimum absolute atomic E-state index is 0.203. The topological polar surface area (TPSA) is 52.6 Å². The van der Waals surface area contributed by atoms with Crippen LogP contribution in [-0.2, 0) is 18.8 Å². The van der Waals surface area contributed by atoms with Crippen LogP contribution in [0.1, 0.15) is 183 Å². The van der Waals surface area contributed by atoms with E-state index < -0.39 is 10.4 Å². The molecule has 0 heterocycles. The number of hydrogen-bond acceptors (Lipinski definition) is 4. The zero-order chi connectivity index (χ0) is 29.2. The lowest BCUT2D eigenvalue weighted by molar-refractivity contribution is 0.145. The maximum absolute atomic E-state index is 12.3. The highest BCUT2D eigenvalue weighted by Gasteiger charge is 2.21. The van der Waals surface area contributed by atoms with Crippen molar-refractivity contribution in [3.8, 4) is 0 Å². The van der Waals surface area contributed by atoms with E-state index in [-0.39, 0.29) is 25.0 Å². The van der Waals surface area contributed by atoms with Crippen LogP contribution in [0.25, 0.3) is 0 Å². The first-order valence-electron chi connectivity index (χ1n) is 17.3. The van der Waals surface area contributed by atoms with Gasteiger partial charge in [0, 0.05) is 0 Å². The van der Waals surface area contributed by atoms with Crippen LogP contribution >= 0.6 is 0 Å². The first kappa shape index (κ1) is 38.9. The van der Waals surface area contributed by atoms with Crippen LogP contribution in [-0.4, -0.2) is 21.6 Å². The molecule has 236 valence electrons. The molecule has 0 bridgehead atoms. The van der Waals surface area contributed by atoms with E-state index in [1.54, 1.807) is 0 Å². The van der Waals surface area contributed by atoms with Crippen molar-refractivity contribution in [3.63, 3.8) is 0 Å². The summed E-state index contributed by atoms with van der Waals surface area (Å²) in [5.41, 5.74) is 0. The Morgan fingerprint density at radius 2 is 0.667 bits per heavy atom. The Hall–Kier alpha value is -0.130. The Kier molecular flexibility index (Phi) is 26.7. The predicted octanol–water partition coefficient (Wildman–Crippen LogP) is 11.4. The lowest BCUT2D eigenvalue weighted by Crippen LogP contribution is -2.22. The van der Waals surface area contributed by atoms with Crippen molar-refractivity contribution in [3.05, 3.63) is 0 Å². The van der Waals surface area contributed by atoms with Gasteiger partial charge in [-0.15, -0.1) is 0 Å². The zero-order valence-corrected chi connectivity index (χ0v) is 28.1. The van der Waals surface area contributed by atoms with E-state index in [0.717, 1.165) is 12.8 Å². The molecule has 5 heteroatoms. The summed E-state index contributed by atoms with van der Waals surface area (Å²) in [6.07, 6.45) is 29.1. The first-order valence-corrected chi connectivity index (χ1v) is 18.6. The van der Waals surface area contributed by atoms with Crippen molar-refractivity contribution in [2.45, 2.75) is 183 Å². The minimum atomic E-state index is -3.93. The first-order chi connectivity index (χ1) is 18.7. The van der Waals surface area contributed by atoms with Crippen molar-refractivity contribution < 1.29 is 16.8 Å². The number of rotatable bonds is 30. The SMILES string of the molecule is CCCCCCCCCCCCC(C)C(C)COS(=O)(=O)OCC(C)C(C)CCCCCCCCCCCC. The van der Waals surface area contributed by atoms with E-state index in [2.05, 4.69) is 41.5 Å². The van der Waals surface area contributed by atoms with Crippen molar-refractivity contribution in [2.75, 3.05) is 13.2 Å². The van der Waals surface area contributed by atoms with Crippen LogP contribution in [0.5, 0.6) is 0 Å². The van der Waals surface area contributed by atoms with E-state index in [4.69, 9.17) is 8.37 Å². The van der Waals surface area contributed by atoms with Gasteiger partial charge in [0.05, 0.1) is 13.2 Å². The van der Waals surface area contributed by atoms with Crippen LogP contribution in [0.4, 0.5) is 0 Å². The Balaban J connectivity index is 3.84. The standard InChI is InChI=1S/C34H70O4S/c1-7-9-11-13-15-17-19-21-23-25-27-31(3)33(5)29-37-39(35,36)38-30-34(6)32(4)28-26-24-22-20-18-16-14-12-10-8-2/h31-34H,7-30H2,1-6H3. The molecule has 0 aromatic heterocycles. The quantitative estimate of drug-likeness (QED) is 0.0800. The molecule has 0 saturated heterocycles. The Morgan fingerprint density at radius 1 is 0.410 bits per heavy atom. The van der Waals surface area contributed by atoms with E-state index in [1.165, 1.54) is 128 Å². The van der Waals surface area contributed by atoms with Gasteiger partial charge >= 0.3 is 10.4 Å². The lowest BCUT2D eigenvalue weighted by atomic mass is 9.91. The van der Waals surface area contributed by atoms with Gasteiger partial charge in [-0.3, -0.25) is 0 Å². The number of hydrogen-bond donors (Lipinski definition) is 0. The van der Waals surface area contributed by atoms with Crippen molar-refractivity contribution >= 4 is 10.4 Å². The summed E-state index contributed by atoms with van der Waals surface area (Å²) in [4.78, 5) is 0. The third kappa shape index (κ3) is 25.3. The molecule has 4 unspecified atom stereocenters. The van der Waals surface area contributed by atoms with Crippen LogP contribution in [0.2, 0.25) is 0 Å². The summed E-state index contributed by atoms with van der Waals surface area (Å²) in [6.45, 7) is 13.6. The fraction of sp³-hybridized carbons (Fsp3) is 1.00. The second-order valence-corrected chi connectivity index (χ2v) is 14.1. The van der Waals surface area contributed by atoms with Gasteiger partial charge < -0.3 is 0 Å². The Morgan fingerprint density at radius 3 is 0.949 bits per heavy atom. The van der Waals surface area contributed by atoms with E-state index in [9.17, 15) is 8.42 Å². The normalized spacial score (nSPS) is 15.3. The molecule has 0 radical (unpaired) electrons. The molecule has 0 aliphatic rings. The molecule has 0 aromatic rings. The van der Waals surface area contributed by atoms with Gasteiger partial charge in [-0.05, 0) is 23.7 Å². The molecular weight excluding hydrogens is 504 g/mol. The molecule has 0 N–H and O–H groups in total. The van der Waals surface area contributed by atoms with Gasteiger partial charge in [-0.1, -0.05) is 183 Å². The Labute approximate surface area is 246 Å². The molecule has 4 nitrogen and oxygen atoms in total. The molecule has 0 spiro atoms. The summed E-state index contributed by atoms with van der Waals surface area (Å²) in [6, 6.07) is 0. The molecule has 0 amide bonds. The summed E-state index contributed by atoms with van der Waals surface area (Å²) in [5.74, 6) is 1.31. The molecule has 4 atom stereocenters. The highest BCUT2D eigenvalue weighted by Crippen LogP contribution is 2.23. The fourth-order valence-corrected chi connectivity index (χ4v) is 6.05. The minimum Gasteiger partial charge on any atom is -0.248 e. The molecule has 0 rings (SSSR count). The second kappa shape index (κ2) is 26.7. The van der Waals surface area contributed by atoms with E-state index >= 15 is 0 Å². The zero-order valence-electron chi connectivity index (χ0n) is 27.3. The summed E-state index contributed by atoms with van der Waals surface area (Å²) < 4.78 is 35.2. The molecule has 0 aliphatic carbocycles. The number of unbranched alkanes of at least 4 members (excludes halogenated alkanes) is 18. The summed E-state index contributed by atoms with van der Waals surface area (Å²) in [7, 11) is -3.93. The maximum atomic E-state index is 12.3. The predicted molar refractivity (Wildman–Crippen MR) is 170 cm³/mol. The average Bonchev–Trinajstić information content (AvgIpc) is 2.92. The lowest BCUT2D eigenvalue weighted by Gasteiger charge is -2.21. The largest absolute Gasteiger partial charge is 0.399 e. The van der Waals surface area contributed by atoms with Crippen LogP contribution < -0.4 is 0 Å². The fourth-order valence-electron chi connectivity index (χ4n) is 5.22. The third-order valence-corrected chi connectivity index (χ3v) is 9.77. The molecule has 0 fully saturated rings. The third-order valence-electron chi connectivity index (χ3n) is 8.92. The summed E-state index contributed by atoms with van der Waals surface area (Å²) in [5, 5.41) is 0. The van der Waals surface area contributed by atoms with Gasteiger partial charge in [-0.25, -0.2) is 8.37 Å². The van der Waals surface area contributed by atoms with Crippen LogP contribution in [0.3, 0.4) is 0 Å². The highest BCUT2D eigenvalue weighted by atomic mass is 32.3. The van der Waals surface area contributed by atoms with Gasteiger partial charge in [0.25, 0.3) is 0 Å². The van der Waals surface area contributed by atoms with E-state index in [0.29, 0.717) is 11.8 Å². The molecule has 39 heavy (non-hydrogen) atoms. The van der Waals surface area contributed by atoms with Crippen molar-refractivity contribution in [1.29, 1.82) is 0 Å². The van der Waals surface area contributed by atoms with Gasteiger partial charge in [0.1, 0.15) is 0 Å². The monoisotopic (exact) mass is 574 g/mol. The molecule has 0 saturated carbocycles. The van der Waals surface area contributed by atoms with Crippen molar-refractivity contribution in [2.24, 2.45) is 23.7 Å². The van der Waals surface area contributed by atoms with Gasteiger partial charge in [0.15, 0.2) is 0 Å². The van der Waals surface area contributed by atoms with Gasteiger partial charge in [0.2, 0.25) is 0 Å². The molecular formula is C34H70O4S. The summed E-state index contributed by atoms with van der Waals surface area (Å²) >= 11 is 0. The van der Waals surface area contributed by atoms with E-state index in [1.807, 2.05) is 0 Å². The van der Waals surface area contributed by atoms with Gasteiger partial charge in [-0.2, -0.15) is 8.42 Å². The maximum Gasteiger partial charge on any atom is 0.399 e.